The van der Waals surface area contributed by atoms with Crippen molar-refractivity contribution in [1.29, 1.82) is 0 Å². The number of likely N-dealkylation sites (tertiary alicyclic amines) is 1. The van der Waals surface area contributed by atoms with E-state index in [4.69, 9.17) is 0 Å². The van der Waals surface area contributed by atoms with Gasteiger partial charge in [0.2, 0.25) is 5.91 Å². The Balaban J connectivity index is 1.88. The second-order valence-electron chi connectivity index (χ2n) is 5.80. The van der Waals surface area contributed by atoms with Crippen molar-refractivity contribution in [2.75, 3.05) is 26.7 Å². The molecule has 1 aromatic carbocycles. The Labute approximate surface area is 118 Å². The first-order chi connectivity index (χ1) is 9.37. The lowest BCUT2D eigenvalue weighted by molar-refractivity contribution is -0.131. The zero-order valence-corrected chi connectivity index (χ0v) is 12.0. The van der Waals surface area contributed by atoms with E-state index in [0.29, 0.717) is 25.1 Å². The van der Waals surface area contributed by atoms with Crippen molar-refractivity contribution in [3.05, 3.63) is 35.6 Å². The molecule has 1 heterocycles. The quantitative estimate of drug-likeness (QED) is 0.902. The van der Waals surface area contributed by atoms with Crippen LogP contribution < -0.4 is 0 Å². The van der Waals surface area contributed by atoms with Gasteiger partial charge in [-0.1, -0.05) is 18.2 Å². The minimum Gasteiger partial charge on any atom is -0.389 e. The van der Waals surface area contributed by atoms with Crippen LogP contribution in [0.2, 0.25) is 0 Å². The highest BCUT2D eigenvalue weighted by Crippen LogP contribution is 2.20. The van der Waals surface area contributed by atoms with Crippen molar-refractivity contribution in [2.45, 2.75) is 25.5 Å². The summed E-state index contributed by atoms with van der Waals surface area (Å²) in [5.74, 6) is -0.359. The normalized spacial score (nSPS) is 23.0. The second-order valence-corrected chi connectivity index (χ2v) is 5.80. The summed E-state index contributed by atoms with van der Waals surface area (Å²) < 4.78 is 13.5. The first kappa shape index (κ1) is 14.9. The van der Waals surface area contributed by atoms with Crippen LogP contribution in [0, 0.1) is 5.82 Å². The fourth-order valence-electron chi connectivity index (χ4n) is 2.46. The number of likely N-dealkylation sites (N-methyl/N-ethyl adjacent to an activating group) is 1. The third-order valence-corrected chi connectivity index (χ3v) is 3.68. The number of hydrogen-bond acceptors (Lipinski definition) is 3. The summed E-state index contributed by atoms with van der Waals surface area (Å²) in [6.07, 6.45) is 0.678. The lowest BCUT2D eigenvalue weighted by atomic mass is 10.1. The van der Waals surface area contributed by atoms with E-state index >= 15 is 0 Å². The van der Waals surface area contributed by atoms with E-state index < -0.39 is 5.60 Å². The molecule has 0 radical (unpaired) electrons. The van der Waals surface area contributed by atoms with Gasteiger partial charge >= 0.3 is 0 Å². The van der Waals surface area contributed by atoms with Gasteiger partial charge in [-0.05, 0) is 19.4 Å². The van der Waals surface area contributed by atoms with Crippen molar-refractivity contribution < 1.29 is 14.3 Å². The Kier molecular flexibility index (Phi) is 4.40. The minimum atomic E-state index is -0.704. The maximum absolute atomic E-state index is 13.5. The molecule has 4 nitrogen and oxygen atoms in total. The molecule has 0 aliphatic carbocycles. The van der Waals surface area contributed by atoms with Crippen molar-refractivity contribution in [3.8, 4) is 0 Å². The largest absolute Gasteiger partial charge is 0.389 e. The Hall–Kier alpha value is -1.46. The molecule has 1 amide bonds. The van der Waals surface area contributed by atoms with Crippen LogP contribution in [0.5, 0.6) is 0 Å². The molecular formula is C15H21FN2O2. The van der Waals surface area contributed by atoms with Gasteiger partial charge in [0.05, 0.1) is 12.1 Å². The van der Waals surface area contributed by atoms with Gasteiger partial charge in [0.25, 0.3) is 0 Å². The number of carbonyl (C=O) groups is 1. The molecule has 1 saturated heterocycles. The molecule has 1 aromatic rings. The maximum Gasteiger partial charge on any atom is 0.236 e. The molecule has 2 rings (SSSR count). The van der Waals surface area contributed by atoms with Crippen LogP contribution in [0.4, 0.5) is 4.39 Å². The van der Waals surface area contributed by atoms with Gasteiger partial charge in [0.15, 0.2) is 0 Å². The molecular weight excluding hydrogens is 259 g/mol. The van der Waals surface area contributed by atoms with Crippen LogP contribution in [-0.2, 0) is 11.3 Å². The molecule has 0 saturated carbocycles. The molecule has 1 atom stereocenters. The van der Waals surface area contributed by atoms with E-state index in [2.05, 4.69) is 0 Å². The third kappa shape index (κ3) is 3.77. The summed E-state index contributed by atoms with van der Waals surface area (Å²) in [5, 5.41) is 9.87. The summed E-state index contributed by atoms with van der Waals surface area (Å²) in [5.41, 5.74) is -0.193. The smallest absolute Gasteiger partial charge is 0.236 e. The topological polar surface area (TPSA) is 43.8 Å². The Bertz CT molecular complexity index is 491. The number of rotatable bonds is 4. The van der Waals surface area contributed by atoms with Gasteiger partial charge in [-0.3, -0.25) is 9.69 Å². The minimum absolute atomic E-state index is 0.0639. The van der Waals surface area contributed by atoms with Crippen LogP contribution in [0.1, 0.15) is 18.9 Å². The van der Waals surface area contributed by atoms with E-state index in [-0.39, 0.29) is 24.8 Å². The lowest BCUT2D eigenvalue weighted by Crippen LogP contribution is -2.39. The first-order valence-electron chi connectivity index (χ1n) is 6.79. The van der Waals surface area contributed by atoms with E-state index in [1.807, 2.05) is 4.90 Å². The molecule has 1 N–H and O–H groups in total. The predicted molar refractivity (Wildman–Crippen MR) is 74.6 cm³/mol. The van der Waals surface area contributed by atoms with Crippen LogP contribution in [0.15, 0.2) is 24.3 Å². The number of aliphatic hydroxyl groups is 1. The van der Waals surface area contributed by atoms with Gasteiger partial charge in [0.1, 0.15) is 5.82 Å². The van der Waals surface area contributed by atoms with Crippen molar-refractivity contribution in [1.82, 2.24) is 9.80 Å². The van der Waals surface area contributed by atoms with Crippen LogP contribution >= 0.6 is 0 Å². The summed E-state index contributed by atoms with van der Waals surface area (Å²) in [6.45, 7) is 3.52. The first-order valence-corrected chi connectivity index (χ1v) is 6.79. The van der Waals surface area contributed by atoms with Crippen molar-refractivity contribution >= 4 is 5.91 Å². The van der Waals surface area contributed by atoms with Crippen molar-refractivity contribution in [3.63, 3.8) is 0 Å². The molecule has 0 aromatic heterocycles. The average molecular weight is 280 g/mol. The Morgan fingerprint density at radius 1 is 1.50 bits per heavy atom. The number of nitrogens with zero attached hydrogens (tertiary/aromatic N) is 2. The SMILES string of the molecule is CN(Cc1ccccc1F)C(=O)CN1CCC(C)(O)C1. The summed E-state index contributed by atoms with van der Waals surface area (Å²) in [4.78, 5) is 15.6. The summed E-state index contributed by atoms with van der Waals surface area (Å²) in [6, 6.07) is 6.46. The fourth-order valence-corrected chi connectivity index (χ4v) is 2.46. The number of hydrogen-bond donors (Lipinski definition) is 1. The molecule has 1 aliphatic rings. The molecule has 5 heteroatoms. The van der Waals surface area contributed by atoms with E-state index in [1.54, 1.807) is 32.2 Å². The van der Waals surface area contributed by atoms with Crippen LogP contribution in [-0.4, -0.2) is 53.1 Å². The summed E-state index contributed by atoms with van der Waals surface area (Å²) >= 11 is 0. The number of β-amino-alcohol motifs (C(OH)–C–C–N with tert-alkyl or cyclic N) is 1. The van der Waals surface area contributed by atoms with Gasteiger partial charge in [0, 0.05) is 32.2 Å². The number of amides is 1. The van der Waals surface area contributed by atoms with Crippen molar-refractivity contribution in [2.24, 2.45) is 0 Å². The molecule has 0 bridgehead atoms. The highest BCUT2D eigenvalue weighted by Gasteiger charge is 2.32. The number of carbonyl (C=O) groups excluding carboxylic acids is 1. The molecule has 20 heavy (non-hydrogen) atoms. The summed E-state index contributed by atoms with van der Waals surface area (Å²) in [7, 11) is 1.67. The monoisotopic (exact) mass is 280 g/mol. The predicted octanol–water partition coefficient (Wildman–Crippen LogP) is 1.24. The zero-order valence-electron chi connectivity index (χ0n) is 12.0. The third-order valence-electron chi connectivity index (χ3n) is 3.68. The highest BCUT2D eigenvalue weighted by molar-refractivity contribution is 5.78. The molecule has 1 unspecified atom stereocenters. The van der Waals surface area contributed by atoms with E-state index in [9.17, 15) is 14.3 Å². The average Bonchev–Trinajstić information content (AvgIpc) is 2.71. The zero-order chi connectivity index (χ0) is 14.8. The van der Waals surface area contributed by atoms with Gasteiger partial charge in [-0.2, -0.15) is 0 Å². The lowest BCUT2D eigenvalue weighted by Gasteiger charge is -2.22. The molecule has 0 spiro atoms. The molecule has 110 valence electrons. The standard InChI is InChI=1S/C15H21FN2O2/c1-15(20)7-8-18(11-15)10-14(19)17(2)9-12-5-3-4-6-13(12)16/h3-6,20H,7-11H2,1-2H3. The van der Waals surface area contributed by atoms with E-state index in [0.717, 1.165) is 0 Å². The molecule has 1 fully saturated rings. The number of halogens is 1. The highest BCUT2D eigenvalue weighted by atomic mass is 19.1. The Morgan fingerprint density at radius 3 is 2.80 bits per heavy atom. The maximum atomic E-state index is 13.5. The Morgan fingerprint density at radius 2 is 2.20 bits per heavy atom. The van der Waals surface area contributed by atoms with Crippen LogP contribution in [0.25, 0.3) is 0 Å². The van der Waals surface area contributed by atoms with E-state index in [1.165, 1.54) is 11.0 Å². The van der Waals surface area contributed by atoms with Gasteiger partial charge < -0.3 is 10.0 Å². The fraction of sp³-hybridized carbons (Fsp3) is 0.533. The van der Waals surface area contributed by atoms with Crippen LogP contribution in [0.3, 0.4) is 0 Å². The van der Waals surface area contributed by atoms with Gasteiger partial charge in [-0.25, -0.2) is 4.39 Å². The molecule has 1 aliphatic heterocycles. The number of benzene rings is 1. The second kappa shape index (κ2) is 5.89. The van der Waals surface area contributed by atoms with Gasteiger partial charge in [-0.15, -0.1) is 0 Å².